The van der Waals surface area contributed by atoms with Crippen molar-refractivity contribution in [2.24, 2.45) is 5.73 Å². The maximum Gasteiger partial charge on any atom is 0.305 e. The zero-order chi connectivity index (χ0) is 24.8. The van der Waals surface area contributed by atoms with Gasteiger partial charge in [0.2, 0.25) is 0 Å². The van der Waals surface area contributed by atoms with Crippen LogP contribution in [-0.2, 0) is 17.8 Å². The predicted molar refractivity (Wildman–Crippen MR) is 134 cm³/mol. The third-order valence-electron chi connectivity index (χ3n) is 5.95. The van der Waals surface area contributed by atoms with E-state index < -0.39 is 12.0 Å². The summed E-state index contributed by atoms with van der Waals surface area (Å²) in [6, 6.07) is 21.4. The SMILES string of the molecule is NCc1cccc(NC(=O)c2ccc3c(c2)NC(CC(=O)O)CN(CCc2ccccc2)C3=O)c1. The van der Waals surface area contributed by atoms with Gasteiger partial charge in [0, 0.05) is 36.6 Å². The molecular formula is C27H28N4O4. The number of aliphatic carboxylic acids is 1. The molecule has 1 heterocycles. The third kappa shape index (κ3) is 6.04. The van der Waals surface area contributed by atoms with Crippen molar-refractivity contribution in [3.05, 3.63) is 95.1 Å². The van der Waals surface area contributed by atoms with Crippen LogP contribution in [0.5, 0.6) is 0 Å². The predicted octanol–water partition coefficient (Wildman–Crippen LogP) is 3.35. The Hall–Kier alpha value is -4.17. The van der Waals surface area contributed by atoms with Gasteiger partial charge in [0.1, 0.15) is 0 Å². The van der Waals surface area contributed by atoms with Crippen molar-refractivity contribution >= 4 is 29.2 Å². The lowest BCUT2D eigenvalue weighted by Crippen LogP contribution is -2.39. The van der Waals surface area contributed by atoms with Crippen molar-refractivity contribution in [2.75, 3.05) is 23.7 Å². The van der Waals surface area contributed by atoms with Gasteiger partial charge in [0.25, 0.3) is 11.8 Å². The molecule has 4 rings (SSSR count). The second-order valence-electron chi connectivity index (χ2n) is 8.54. The van der Waals surface area contributed by atoms with E-state index in [9.17, 15) is 19.5 Å². The van der Waals surface area contributed by atoms with Crippen LogP contribution in [0.25, 0.3) is 0 Å². The normalized spacial score (nSPS) is 15.1. The van der Waals surface area contributed by atoms with E-state index in [1.165, 1.54) is 0 Å². The third-order valence-corrected chi connectivity index (χ3v) is 5.95. The molecule has 0 saturated heterocycles. The van der Waals surface area contributed by atoms with E-state index in [2.05, 4.69) is 10.6 Å². The summed E-state index contributed by atoms with van der Waals surface area (Å²) in [6.07, 6.45) is 0.501. The van der Waals surface area contributed by atoms with E-state index >= 15 is 0 Å². The van der Waals surface area contributed by atoms with Crippen LogP contribution in [-0.4, -0.2) is 46.9 Å². The molecule has 8 heteroatoms. The molecule has 3 aromatic rings. The molecule has 8 nitrogen and oxygen atoms in total. The fourth-order valence-corrected chi connectivity index (χ4v) is 4.18. The molecule has 1 aliphatic rings. The van der Waals surface area contributed by atoms with Crippen LogP contribution < -0.4 is 16.4 Å². The highest BCUT2D eigenvalue weighted by atomic mass is 16.4. The molecule has 180 valence electrons. The number of benzene rings is 3. The number of carbonyl (C=O) groups is 3. The number of hydrogen-bond donors (Lipinski definition) is 4. The van der Waals surface area contributed by atoms with Crippen molar-refractivity contribution in [3.8, 4) is 0 Å². The van der Waals surface area contributed by atoms with Gasteiger partial charge in [-0.15, -0.1) is 0 Å². The molecule has 2 amide bonds. The lowest BCUT2D eigenvalue weighted by atomic mass is 10.1. The molecule has 0 aromatic heterocycles. The first-order valence-electron chi connectivity index (χ1n) is 11.5. The molecule has 3 aromatic carbocycles. The number of fused-ring (bicyclic) bond motifs is 1. The molecule has 5 N–H and O–H groups in total. The number of nitrogens with one attached hydrogen (secondary N) is 2. The van der Waals surface area contributed by atoms with Gasteiger partial charge in [0.15, 0.2) is 0 Å². The van der Waals surface area contributed by atoms with Crippen molar-refractivity contribution < 1.29 is 19.5 Å². The zero-order valence-electron chi connectivity index (χ0n) is 19.2. The average molecular weight is 473 g/mol. The van der Waals surface area contributed by atoms with Crippen LogP contribution in [0.3, 0.4) is 0 Å². The van der Waals surface area contributed by atoms with E-state index in [4.69, 9.17) is 5.73 Å². The minimum Gasteiger partial charge on any atom is -0.481 e. The van der Waals surface area contributed by atoms with E-state index in [1.807, 2.05) is 42.5 Å². The Morgan fingerprint density at radius 3 is 2.54 bits per heavy atom. The molecule has 0 radical (unpaired) electrons. The molecule has 35 heavy (non-hydrogen) atoms. The highest BCUT2D eigenvalue weighted by molar-refractivity contribution is 6.07. The molecule has 1 aliphatic heterocycles. The van der Waals surface area contributed by atoms with Gasteiger partial charge in [0.05, 0.1) is 18.0 Å². The maximum atomic E-state index is 13.4. The number of rotatable bonds is 8. The molecule has 0 aliphatic carbocycles. The summed E-state index contributed by atoms with van der Waals surface area (Å²) in [4.78, 5) is 39.4. The summed E-state index contributed by atoms with van der Waals surface area (Å²) < 4.78 is 0. The van der Waals surface area contributed by atoms with Gasteiger partial charge < -0.3 is 26.4 Å². The monoisotopic (exact) mass is 472 g/mol. The summed E-state index contributed by atoms with van der Waals surface area (Å²) in [5, 5.41) is 15.4. The van der Waals surface area contributed by atoms with E-state index in [0.717, 1.165) is 11.1 Å². The molecule has 1 unspecified atom stereocenters. The van der Waals surface area contributed by atoms with Crippen molar-refractivity contribution in [1.29, 1.82) is 0 Å². The highest BCUT2D eigenvalue weighted by Gasteiger charge is 2.29. The van der Waals surface area contributed by atoms with Crippen LogP contribution >= 0.6 is 0 Å². The summed E-state index contributed by atoms with van der Waals surface area (Å²) in [7, 11) is 0. The zero-order valence-corrected chi connectivity index (χ0v) is 19.2. The fraction of sp³-hybridized carbons (Fsp3) is 0.222. The first-order valence-corrected chi connectivity index (χ1v) is 11.5. The molecule has 0 spiro atoms. The number of amides is 2. The van der Waals surface area contributed by atoms with Crippen LogP contribution in [0.15, 0.2) is 72.8 Å². The smallest absolute Gasteiger partial charge is 0.305 e. The average Bonchev–Trinajstić information content (AvgIpc) is 2.98. The van der Waals surface area contributed by atoms with Crippen molar-refractivity contribution in [3.63, 3.8) is 0 Å². The second-order valence-corrected chi connectivity index (χ2v) is 8.54. The number of carboxylic acid groups (broad SMARTS) is 1. The Labute approximate surface area is 203 Å². The lowest BCUT2D eigenvalue weighted by molar-refractivity contribution is -0.137. The second kappa shape index (κ2) is 10.8. The number of nitrogens with two attached hydrogens (primary N) is 1. The Bertz CT molecular complexity index is 1230. The number of carboxylic acids is 1. The van der Waals surface area contributed by atoms with Crippen LogP contribution in [0.2, 0.25) is 0 Å². The first-order chi connectivity index (χ1) is 16.9. The molecule has 0 fully saturated rings. The number of carbonyl (C=O) groups excluding carboxylic acids is 2. The Balaban J connectivity index is 1.57. The molecular weight excluding hydrogens is 444 g/mol. The summed E-state index contributed by atoms with van der Waals surface area (Å²) >= 11 is 0. The Kier molecular flexibility index (Phi) is 7.42. The van der Waals surface area contributed by atoms with Gasteiger partial charge >= 0.3 is 5.97 Å². The lowest BCUT2D eigenvalue weighted by Gasteiger charge is -2.24. The largest absolute Gasteiger partial charge is 0.481 e. The summed E-state index contributed by atoms with van der Waals surface area (Å²) in [5.41, 5.74) is 9.50. The van der Waals surface area contributed by atoms with Gasteiger partial charge in [-0.25, -0.2) is 0 Å². The number of hydrogen-bond acceptors (Lipinski definition) is 5. The molecule has 0 bridgehead atoms. The standard InChI is InChI=1S/C27H28N4O4/c28-16-19-7-4-8-21(13-19)30-26(34)20-9-10-23-24(14-20)29-22(15-25(32)33)17-31(27(23)35)12-11-18-5-2-1-3-6-18/h1-10,13-14,22,29H,11-12,15-17,28H2,(H,30,34)(H,32,33). The molecule has 1 atom stereocenters. The Morgan fingerprint density at radius 1 is 1.03 bits per heavy atom. The maximum absolute atomic E-state index is 13.4. The van der Waals surface area contributed by atoms with Gasteiger partial charge in [-0.05, 0) is 47.9 Å². The van der Waals surface area contributed by atoms with Crippen molar-refractivity contribution in [2.45, 2.75) is 25.4 Å². The topological polar surface area (TPSA) is 125 Å². The number of anilines is 2. The van der Waals surface area contributed by atoms with Gasteiger partial charge in [-0.3, -0.25) is 14.4 Å². The summed E-state index contributed by atoms with van der Waals surface area (Å²) in [5.74, 6) is -1.50. The van der Waals surface area contributed by atoms with Crippen LogP contribution in [0.4, 0.5) is 11.4 Å². The van der Waals surface area contributed by atoms with Gasteiger partial charge in [-0.2, -0.15) is 0 Å². The van der Waals surface area contributed by atoms with E-state index in [1.54, 1.807) is 35.2 Å². The van der Waals surface area contributed by atoms with Crippen LogP contribution in [0.1, 0.15) is 38.3 Å². The minimum absolute atomic E-state index is 0.156. The van der Waals surface area contributed by atoms with E-state index in [-0.39, 0.29) is 24.8 Å². The minimum atomic E-state index is -0.963. The quantitative estimate of drug-likeness (QED) is 0.399. The Morgan fingerprint density at radius 2 is 1.80 bits per heavy atom. The summed E-state index contributed by atoms with van der Waals surface area (Å²) in [6.45, 7) is 1.07. The van der Waals surface area contributed by atoms with Crippen molar-refractivity contribution in [1.82, 2.24) is 4.90 Å². The molecule has 0 saturated carbocycles. The first kappa shape index (κ1) is 24.0. The fourth-order valence-electron chi connectivity index (χ4n) is 4.18. The van der Waals surface area contributed by atoms with Crippen LogP contribution in [0, 0.1) is 0 Å². The number of nitrogens with zero attached hydrogens (tertiary/aromatic N) is 1. The van der Waals surface area contributed by atoms with E-state index in [0.29, 0.717) is 42.0 Å². The van der Waals surface area contributed by atoms with Gasteiger partial charge in [-0.1, -0.05) is 42.5 Å². The highest BCUT2D eigenvalue weighted by Crippen LogP contribution is 2.26.